The Balaban J connectivity index is 2.45. The number of nitrogens with two attached hydrogens (primary N) is 1. The molecule has 1 aromatic rings. The number of ether oxygens (including phenoxy) is 1. The van der Waals surface area contributed by atoms with Crippen molar-refractivity contribution in [2.24, 2.45) is 5.73 Å². The van der Waals surface area contributed by atoms with Crippen molar-refractivity contribution < 1.29 is 4.74 Å². The topological polar surface area (TPSA) is 35.2 Å². The van der Waals surface area contributed by atoms with Crippen LogP contribution in [-0.2, 0) is 0 Å². The van der Waals surface area contributed by atoms with E-state index in [2.05, 4.69) is 6.92 Å². The number of hydrogen-bond acceptors (Lipinski definition) is 3. The molecular formula is C11H15NOS2. The third-order valence-electron chi connectivity index (χ3n) is 1.81. The van der Waals surface area contributed by atoms with E-state index < -0.39 is 0 Å². The predicted molar refractivity (Wildman–Crippen MR) is 69.5 cm³/mol. The van der Waals surface area contributed by atoms with Crippen LogP contribution in [0, 0.1) is 0 Å². The van der Waals surface area contributed by atoms with E-state index in [1.807, 2.05) is 24.3 Å². The lowest BCUT2D eigenvalue weighted by Crippen LogP contribution is -2.01. The highest BCUT2D eigenvalue weighted by molar-refractivity contribution is 8.22. The van der Waals surface area contributed by atoms with E-state index in [0.717, 1.165) is 30.1 Å². The Morgan fingerprint density at radius 1 is 1.40 bits per heavy atom. The van der Waals surface area contributed by atoms with Gasteiger partial charge in [0.2, 0.25) is 0 Å². The lowest BCUT2D eigenvalue weighted by molar-refractivity contribution is 0.309. The van der Waals surface area contributed by atoms with Gasteiger partial charge in [0.15, 0.2) is 0 Å². The molecular weight excluding hydrogens is 226 g/mol. The Kier molecular flexibility index (Phi) is 5.50. The summed E-state index contributed by atoms with van der Waals surface area (Å²) in [4.78, 5) is 1.05. The minimum absolute atomic E-state index is 0.439. The maximum atomic E-state index is 5.53. The largest absolute Gasteiger partial charge is 0.494 e. The molecule has 4 heteroatoms. The highest BCUT2D eigenvalue weighted by Gasteiger charge is 1.97. The molecule has 0 aliphatic rings. The van der Waals surface area contributed by atoms with Crippen molar-refractivity contribution in [2.75, 3.05) is 6.61 Å². The molecule has 0 saturated carbocycles. The fraction of sp³-hybridized carbons (Fsp3) is 0.364. The zero-order valence-electron chi connectivity index (χ0n) is 8.73. The van der Waals surface area contributed by atoms with Crippen molar-refractivity contribution in [3.05, 3.63) is 24.3 Å². The fourth-order valence-corrected chi connectivity index (χ4v) is 1.85. The summed E-state index contributed by atoms with van der Waals surface area (Å²) in [6.07, 6.45) is 2.23. The second-order valence-corrected chi connectivity index (χ2v) is 4.91. The van der Waals surface area contributed by atoms with Crippen LogP contribution >= 0.6 is 24.0 Å². The third-order valence-corrected chi connectivity index (χ3v) is 2.77. The first-order valence-electron chi connectivity index (χ1n) is 4.92. The van der Waals surface area contributed by atoms with Gasteiger partial charge in [0.05, 0.1) is 6.61 Å². The Labute approximate surface area is 100 Å². The molecule has 1 aromatic carbocycles. The van der Waals surface area contributed by atoms with Crippen molar-refractivity contribution in [1.29, 1.82) is 0 Å². The molecule has 1 rings (SSSR count). The highest BCUT2D eigenvalue weighted by Crippen LogP contribution is 2.21. The minimum atomic E-state index is 0.439. The molecule has 0 atom stereocenters. The zero-order chi connectivity index (χ0) is 11.1. The van der Waals surface area contributed by atoms with Crippen LogP contribution in [0.2, 0.25) is 0 Å². The van der Waals surface area contributed by atoms with Crippen molar-refractivity contribution >= 4 is 28.3 Å². The minimum Gasteiger partial charge on any atom is -0.494 e. The van der Waals surface area contributed by atoms with Crippen LogP contribution in [0.4, 0.5) is 0 Å². The summed E-state index contributed by atoms with van der Waals surface area (Å²) >= 11 is 6.19. The van der Waals surface area contributed by atoms with Crippen LogP contribution in [0.25, 0.3) is 0 Å². The molecule has 0 bridgehead atoms. The second-order valence-electron chi connectivity index (χ2n) is 3.09. The molecule has 0 radical (unpaired) electrons. The molecule has 0 heterocycles. The molecule has 0 saturated heterocycles. The summed E-state index contributed by atoms with van der Waals surface area (Å²) < 4.78 is 5.97. The first kappa shape index (κ1) is 12.3. The average Bonchev–Trinajstić information content (AvgIpc) is 2.20. The Hall–Kier alpha value is -0.740. The molecule has 15 heavy (non-hydrogen) atoms. The molecule has 2 nitrogen and oxygen atoms in total. The normalized spacial score (nSPS) is 9.93. The summed E-state index contributed by atoms with van der Waals surface area (Å²) in [7, 11) is 0. The Morgan fingerprint density at radius 2 is 2.07 bits per heavy atom. The van der Waals surface area contributed by atoms with Gasteiger partial charge in [-0.1, -0.05) is 37.3 Å². The summed E-state index contributed by atoms with van der Waals surface area (Å²) in [5, 5.41) is 0. The van der Waals surface area contributed by atoms with Gasteiger partial charge >= 0.3 is 0 Å². The molecule has 0 fully saturated rings. The summed E-state index contributed by atoms with van der Waals surface area (Å²) in [5.41, 5.74) is 5.42. The summed E-state index contributed by atoms with van der Waals surface area (Å²) in [6.45, 7) is 2.92. The maximum Gasteiger partial charge on any atom is 0.135 e. The first-order chi connectivity index (χ1) is 7.22. The number of thiocarbonyl (C=S) groups is 1. The molecule has 0 spiro atoms. The van der Waals surface area contributed by atoms with E-state index in [9.17, 15) is 0 Å². The average molecular weight is 241 g/mol. The van der Waals surface area contributed by atoms with E-state index in [1.165, 1.54) is 11.8 Å². The Bertz CT molecular complexity index is 311. The Morgan fingerprint density at radius 3 is 2.60 bits per heavy atom. The van der Waals surface area contributed by atoms with Gasteiger partial charge in [0.25, 0.3) is 0 Å². The van der Waals surface area contributed by atoms with E-state index in [1.54, 1.807) is 0 Å². The predicted octanol–water partition coefficient (Wildman–Crippen LogP) is 3.20. The lowest BCUT2D eigenvalue weighted by atomic mass is 10.3. The standard InChI is InChI=1S/C11H15NOS2/c1-2-3-8-13-9-4-6-10(7-5-9)15-11(12)14/h4-7H,2-3,8H2,1H3,(H2,12,14). The van der Waals surface area contributed by atoms with Gasteiger partial charge in [-0.2, -0.15) is 0 Å². The molecule has 2 N–H and O–H groups in total. The molecule has 0 unspecified atom stereocenters. The number of benzene rings is 1. The number of rotatable bonds is 5. The number of hydrogen-bond donors (Lipinski definition) is 1. The van der Waals surface area contributed by atoms with E-state index in [0.29, 0.717) is 4.32 Å². The lowest BCUT2D eigenvalue weighted by Gasteiger charge is -2.05. The third kappa shape index (κ3) is 5.04. The SMILES string of the molecule is CCCCOc1ccc(SC(N)=S)cc1. The monoisotopic (exact) mass is 241 g/mol. The number of thioether (sulfide) groups is 1. The molecule has 82 valence electrons. The van der Waals surface area contributed by atoms with Gasteiger partial charge in [-0.15, -0.1) is 0 Å². The smallest absolute Gasteiger partial charge is 0.135 e. The van der Waals surface area contributed by atoms with Crippen LogP contribution < -0.4 is 10.5 Å². The van der Waals surface area contributed by atoms with Gasteiger partial charge in [0.1, 0.15) is 10.1 Å². The first-order valence-corrected chi connectivity index (χ1v) is 6.15. The van der Waals surface area contributed by atoms with E-state index in [4.69, 9.17) is 22.7 Å². The van der Waals surface area contributed by atoms with Crippen molar-refractivity contribution in [1.82, 2.24) is 0 Å². The maximum absolute atomic E-state index is 5.53. The zero-order valence-corrected chi connectivity index (χ0v) is 10.4. The summed E-state index contributed by atoms with van der Waals surface area (Å²) in [5.74, 6) is 0.899. The number of unbranched alkanes of at least 4 members (excludes halogenated alkanes) is 1. The molecule has 0 aromatic heterocycles. The van der Waals surface area contributed by atoms with E-state index >= 15 is 0 Å². The quantitative estimate of drug-likeness (QED) is 0.488. The van der Waals surface area contributed by atoms with Crippen LogP contribution in [0.15, 0.2) is 29.2 Å². The fourth-order valence-electron chi connectivity index (χ4n) is 1.05. The van der Waals surface area contributed by atoms with Gasteiger partial charge in [-0.05, 0) is 30.7 Å². The van der Waals surface area contributed by atoms with Crippen LogP contribution in [0.5, 0.6) is 5.75 Å². The van der Waals surface area contributed by atoms with Gasteiger partial charge in [-0.25, -0.2) is 0 Å². The van der Waals surface area contributed by atoms with Crippen LogP contribution in [0.3, 0.4) is 0 Å². The van der Waals surface area contributed by atoms with Crippen LogP contribution in [0.1, 0.15) is 19.8 Å². The summed E-state index contributed by atoms with van der Waals surface area (Å²) in [6, 6.07) is 7.81. The molecule has 0 amide bonds. The second kappa shape index (κ2) is 6.69. The van der Waals surface area contributed by atoms with E-state index in [-0.39, 0.29) is 0 Å². The van der Waals surface area contributed by atoms with Crippen molar-refractivity contribution in [3.63, 3.8) is 0 Å². The molecule has 0 aliphatic carbocycles. The van der Waals surface area contributed by atoms with Crippen molar-refractivity contribution in [3.8, 4) is 5.75 Å². The van der Waals surface area contributed by atoms with Gasteiger partial charge in [-0.3, -0.25) is 0 Å². The van der Waals surface area contributed by atoms with Crippen LogP contribution in [-0.4, -0.2) is 10.9 Å². The van der Waals surface area contributed by atoms with Crippen molar-refractivity contribution in [2.45, 2.75) is 24.7 Å². The molecule has 0 aliphatic heterocycles. The highest BCUT2D eigenvalue weighted by atomic mass is 32.2. The van der Waals surface area contributed by atoms with Gasteiger partial charge < -0.3 is 10.5 Å². The van der Waals surface area contributed by atoms with Gasteiger partial charge in [0, 0.05) is 4.90 Å².